The summed E-state index contributed by atoms with van der Waals surface area (Å²) in [5.74, 6) is -3.08. The van der Waals surface area contributed by atoms with Gasteiger partial charge in [-0.15, -0.1) is 0 Å². The third-order valence-corrected chi connectivity index (χ3v) is 4.06. The van der Waals surface area contributed by atoms with E-state index in [9.17, 15) is 22.8 Å². The third kappa shape index (κ3) is 2.44. The number of aliphatic carboxylic acids is 1. The van der Waals surface area contributed by atoms with E-state index >= 15 is 0 Å². The number of carboxylic acids is 1. The summed E-state index contributed by atoms with van der Waals surface area (Å²) < 4.78 is 36.1. The van der Waals surface area contributed by atoms with Gasteiger partial charge < -0.3 is 10.4 Å². The summed E-state index contributed by atoms with van der Waals surface area (Å²) in [7, 11) is 0. The van der Waals surface area contributed by atoms with Crippen LogP contribution in [-0.4, -0.2) is 29.2 Å². The van der Waals surface area contributed by atoms with E-state index in [1.165, 1.54) is 0 Å². The molecule has 0 aromatic heterocycles. The maximum atomic E-state index is 12.0. The topological polar surface area (TPSA) is 66.4 Å². The highest BCUT2D eigenvalue weighted by Gasteiger charge is 2.59. The van der Waals surface area contributed by atoms with Crippen LogP contribution < -0.4 is 5.32 Å². The van der Waals surface area contributed by atoms with E-state index in [1.807, 2.05) is 5.32 Å². The van der Waals surface area contributed by atoms with Crippen molar-refractivity contribution in [3.05, 3.63) is 0 Å². The molecule has 18 heavy (non-hydrogen) atoms. The Kier molecular flexibility index (Phi) is 3.03. The number of carbonyl (C=O) groups is 2. The summed E-state index contributed by atoms with van der Waals surface area (Å²) in [5.41, 5.74) is -0.217. The lowest BCUT2D eigenvalue weighted by Crippen LogP contribution is -2.44. The number of carboxylic acid groups (broad SMARTS) is 1. The van der Waals surface area contributed by atoms with Gasteiger partial charge >= 0.3 is 18.1 Å². The first-order chi connectivity index (χ1) is 8.24. The van der Waals surface area contributed by atoms with Crippen molar-refractivity contribution in [2.45, 2.75) is 44.3 Å². The molecule has 102 valence electrons. The van der Waals surface area contributed by atoms with Crippen molar-refractivity contribution in [3.63, 3.8) is 0 Å². The van der Waals surface area contributed by atoms with Crippen LogP contribution in [0.2, 0.25) is 0 Å². The minimum absolute atomic E-state index is 0.217. The Morgan fingerprint density at radius 3 is 2.17 bits per heavy atom. The SMILES string of the molecule is O=C(O)C1CC12CCC(NC(=O)C(F)(F)F)CC2. The zero-order valence-electron chi connectivity index (χ0n) is 9.59. The molecule has 2 aliphatic rings. The molecule has 0 aromatic rings. The fourth-order valence-electron chi connectivity index (χ4n) is 2.85. The molecule has 2 fully saturated rings. The smallest absolute Gasteiger partial charge is 0.471 e. The zero-order valence-corrected chi connectivity index (χ0v) is 9.59. The zero-order chi connectivity index (χ0) is 13.6. The Morgan fingerprint density at radius 1 is 1.22 bits per heavy atom. The van der Waals surface area contributed by atoms with Crippen LogP contribution in [0.15, 0.2) is 0 Å². The average molecular weight is 265 g/mol. The fraction of sp³-hybridized carbons (Fsp3) is 0.818. The largest absolute Gasteiger partial charge is 0.481 e. The van der Waals surface area contributed by atoms with E-state index in [-0.39, 0.29) is 11.3 Å². The molecule has 0 aromatic carbocycles. The number of rotatable bonds is 2. The molecule has 2 aliphatic carbocycles. The Hall–Kier alpha value is -1.27. The Morgan fingerprint density at radius 2 is 1.78 bits per heavy atom. The van der Waals surface area contributed by atoms with E-state index in [2.05, 4.69) is 0 Å². The van der Waals surface area contributed by atoms with Crippen LogP contribution in [-0.2, 0) is 9.59 Å². The second-order valence-electron chi connectivity index (χ2n) is 5.20. The van der Waals surface area contributed by atoms with Crippen molar-refractivity contribution in [1.82, 2.24) is 5.32 Å². The van der Waals surface area contributed by atoms with Crippen LogP contribution in [0, 0.1) is 11.3 Å². The van der Waals surface area contributed by atoms with Crippen LogP contribution >= 0.6 is 0 Å². The van der Waals surface area contributed by atoms with Crippen LogP contribution in [0.25, 0.3) is 0 Å². The van der Waals surface area contributed by atoms with E-state index in [0.29, 0.717) is 32.1 Å². The summed E-state index contributed by atoms with van der Waals surface area (Å²) in [6.45, 7) is 0. The Labute approximate surface area is 102 Å². The van der Waals surface area contributed by atoms with Gasteiger partial charge in [0.25, 0.3) is 0 Å². The molecule has 1 spiro atoms. The fourth-order valence-corrected chi connectivity index (χ4v) is 2.85. The van der Waals surface area contributed by atoms with Gasteiger partial charge in [-0.1, -0.05) is 0 Å². The summed E-state index contributed by atoms with van der Waals surface area (Å²) in [6.07, 6.45) is -2.24. The van der Waals surface area contributed by atoms with Gasteiger partial charge in [-0.25, -0.2) is 0 Å². The molecule has 0 aliphatic heterocycles. The summed E-state index contributed by atoms with van der Waals surface area (Å²) >= 11 is 0. The standard InChI is InChI=1S/C11H14F3NO3/c12-11(13,14)9(18)15-6-1-3-10(4-2-6)5-7(10)8(16)17/h6-7H,1-5H2,(H,15,18)(H,16,17). The van der Waals surface area contributed by atoms with Crippen molar-refractivity contribution >= 4 is 11.9 Å². The number of carbonyl (C=O) groups excluding carboxylic acids is 1. The lowest BCUT2D eigenvalue weighted by Gasteiger charge is -2.29. The molecule has 7 heteroatoms. The monoisotopic (exact) mass is 265 g/mol. The van der Waals surface area contributed by atoms with Crippen LogP contribution in [0.3, 0.4) is 0 Å². The van der Waals surface area contributed by atoms with E-state index < -0.39 is 24.1 Å². The Bertz CT molecular complexity index is 372. The van der Waals surface area contributed by atoms with Gasteiger partial charge in [0.2, 0.25) is 0 Å². The molecule has 0 bridgehead atoms. The first kappa shape index (κ1) is 13.2. The summed E-state index contributed by atoms with van der Waals surface area (Å²) in [4.78, 5) is 21.6. The molecule has 0 radical (unpaired) electrons. The van der Waals surface area contributed by atoms with Gasteiger partial charge in [0.15, 0.2) is 0 Å². The molecular weight excluding hydrogens is 251 g/mol. The number of amides is 1. The van der Waals surface area contributed by atoms with Gasteiger partial charge in [-0.3, -0.25) is 9.59 Å². The molecule has 4 nitrogen and oxygen atoms in total. The molecule has 2 saturated carbocycles. The first-order valence-corrected chi connectivity index (χ1v) is 5.85. The molecule has 2 N–H and O–H groups in total. The average Bonchev–Trinajstić information content (AvgIpc) is 2.95. The normalized spacial score (nSPS) is 35.3. The molecule has 1 amide bonds. The van der Waals surface area contributed by atoms with Crippen molar-refractivity contribution in [3.8, 4) is 0 Å². The maximum absolute atomic E-state index is 12.0. The quantitative estimate of drug-likeness (QED) is 0.798. The van der Waals surface area contributed by atoms with Crippen molar-refractivity contribution in [2.75, 3.05) is 0 Å². The van der Waals surface area contributed by atoms with Gasteiger partial charge in [0.05, 0.1) is 5.92 Å². The number of hydrogen-bond acceptors (Lipinski definition) is 2. The second-order valence-corrected chi connectivity index (χ2v) is 5.20. The predicted octanol–water partition coefficient (Wildman–Crippen LogP) is 1.70. The number of alkyl halides is 3. The molecule has 0 heterocycles. The minimum Gasteiger partial charge on any atom is -0.481 e. The lowest BCUT2D eigenvalue weighted by atomic mass is 9.81. The van der Waals surface area contributed by atoms with Crippen LogP contribution in [0.1, 0.15) is 32.1 Å². The highest BCUT2D eigenvalue weighted by molar-refractivity contribution is 5.82. The molecule has 1 atom stereocenters. The summed E-state index contributed by atoms with van der Waals surface area (Å²) in [6, 6.07) is -0.486. The first-order valence-electron chi connectivity index (χ1n) is 5.85. The molecular formula is C11H14F3NO3. The highest BCUT2D eigenvalue weighted by Crippen LogP contribution is 2.61. The highest BCUT2D eigenvalue weighted by atomic mass is 19.4. The second kappa shape index (κ2) is 4.13. The predicted molar refractivity (Wildman–Crippen MR) is 54.6 cm³/mol. The van der Waals surface area contributed by atoms with Crippen LogP contribution in [0.5, 0.6) is 0 Å². The van der Waals surface area contributed by atoms with Gasteiger partial charge in [0.1, 0.15) is 0 Å². The van der Waals surface area contributed by atoms with E-state index in [1.54, 1.807) is 0 Å². The van der Waals surface area contributed by atoms with Gasteiger partial charge in [-0.2, -0.15) is 13.2 Å². The van der Waals surface area contributed by atoms with Crippen molar-refractivity contribution in [2.24, 2.45) is 11.3 Å². The van der Waals surface area contributed by atoms with Crippen molar-refractivity contribution in [1.29, 1.82) is 0 Å². The molecule has 2 rings (SSSR count). The van der Waals surface area contributed by atoms with Gasteiger partial charge in [-0.05, 0) is 37.5 Å². The lowest BCUT2D eigenvalue weighted by molar-refractivity contribution is -0.174. The third-order valence-electron chi connectivity index (χ3n) is 4.06. The number of halogens is 3. The minimum atomic E-state index is -4.85. The van der Waals surface area contributed by atoms with Gasteiger partial charge in [0, 0.05) is 6.04 Å². The molecule has 0 saturated heterocycles. The summed E-state index contributed by atoms with van der Waals surface area (Å²) in [5, 5.41) is 10.8. The van der Waals surface area contributed by atoms with E-state index in [4.69, 9.17) is 5.11 Å². The van der Waals surface area contributed by atoms with E-state index in [0.717, 1.165) is 0 Å². The number of hydrogen-bond donors (Lipinski definition) is 2. The Balaban J connectivity index is 1.82. The van der Waals surface area contributed by atoms with Crippen molar-refractivity contribution < 1.29 is 27.9 Å². The number of nitrogens with one attached hydrogen (secondary N) is 1. The maximum Gasteiger partial charge on any atom is 0.471 e. The van der Waals surface area contributed by atoms with Crippen LogP contribution in [0.4, 0.5) is 13.2 Å². The molecule has 1 unspecified atom stereocenters.